The third-order valence-corrected chi connectivity index (χ3v) is 2.37. The second-order valence-electron chi connectivity index (χ2n) is 3.70. The monoisotopic (exact) mass is 250 g/mol. The molecule has 1 unspecified atom stereocenters. The van der Waals surface area contributed by atoms with Gasteiger partial charge < -0.3 is 5.11 Å². The Balaban J connectivity index is 3.13. The maximum Gasteiger partial charge on any atom is 0.396 e. The smallest absolute Gasteiger partial charge is 0.396 e. The first-order valence-corrected chi connectivity index (χ1v) is 4.76. The van der Waals surface area contributed by atoms with Crippen LogP contribution < -0.4 is 0 Å². The zero-order chi connectivity index (χ0) is 13.2. The minimum Gasteiger partial charge on any atom is -0.481 e. The Kier molecular flexibility index (Phi) is 3.75. The standard InChI is InChI=1S/C11H10F4O2/c1-6-2-3-7(4-9(6)12)8(5-10(16)17)11(13,14)15/h2-4,8H,5H2,1H3,(H,16,17). The minimum absolute atomic E-state index is 0.213. The highest BCUT2D eigenvalue weighted by molar-refractivity contribution is 5.68. The molecule has 94 valence electrons. The summed E-state index contributed by atoms with van der Waals surface area (Å²) in [6.07, 6.45) is -5.81. The van der Waals surface area contributed by atoms with Crippen LogP contribution in [0.1, 0.15) is 23.5 Å². The first kappa shape index (κ1) is 13.5. The van der Waals surface area contributed by atoms with Gasteiger partial charge in [0.25, 0.3) is 0 Å². The Bertz CT molecular complexity index is 426. The Morgan fingerprint density at radius 1 is 1.41 bits per heavy atom. The third-order valence-electron chi connectivity index (χ3n) is 2.37. The molecular formula is C11H10F4O2. The number of rotatable bonds is 3. The largest absolute Gasteiger partial charge is 0.481 e. The molecule has 17 heavy (non-hydrogen) atoms. The number of alkyl halides is 3. The van der Waals surface area contributed by atoms with Crippen molar-refractivity contribution in [2.75, 3.05) is 0 Å². The van der Waals surface area contributed by atoms with Crippen molar-refractivity contribution >= 4 is 5.97 Å². The van der Waals surface area contributed by atoms with Crippen LogP contribution in [0.25, 0.3) is 0 Å². The Morgan fingerprint density at radius 2 is 2.00 bits per heavy atom. The van der Waals surface area contributed by atoms with Crippen molar-refractivity contribution in [3.05, 3.63) is 35.1 Å². The van der Waals surface area contributed by atoms with Gasteiger partial charge in [-0.3, -0.25) is 4.79 Å². The quantitative estimate of drug-likeness (QED) is 0.836. The molecule has 0 radical (unpaired) electrons. The zero-order valence-corrected chi connectivity index (χ0v) is 8.88. The van der Waals surface area contributed by atoms with Gasteiger partial charge in [0.05, 0.1) is 12.3 Å². The average Bonchev–Trinajstić information content (AvgIpc) is 2.17. The normalized spacial score (nSPS) is 13.5. The maximum atomic E-state index is 13.2. The molecule has 1 N–H and O–H groups in total. The summed E-state index contributed by atoms with van der Waals surface area (Å²) in [4.78, 5) is 10.4. The van der Waals surface area contributed by atoms with Gasteiger partial charge in [0.1, 0.15) is 5.82 Å². The molecule has 0 fully saturated rings. The number of carboxylic acids is 1. The van der Waals surface area contributed by atoms with Gasteiger partial charge in [-0.05, 0) is 24.1 Å². The molecular weight excluding hydrogens is 240 g/mol. The van der Waals surface area contributed by atoms with Crippen LogP contribution in [0, 0.1) is 12.7 Å². The molecule has 1 aromatic rings. The molecule has 0 heterocycles. The van der Waals surface area contributed by atoms with Crippen LogP contribution in [0.15, 0.2) is 18.2 Å². The minimum atomic E-state index is -4.71. The van der Waals surface area contributed by atoms with Crippen molar-refractivity contribution in [1.82, 2.24) is 0 Å². The van der Waals surface area contributed by atoms with E-state index < -0.39 is 30.3 Å². The molecule has 1 aromatic carbocycles. The van der Waals surface area contributed by atoms with Gasteiger partial charge in [-0.1, -0.05) is 12.1 Å². The lowest BCUT2D eigenvalue weighted by atomic mass is 9.94. The highest BCUT2D eigenvalue weighted by atomic mass is 19.4. The fraction of sp³-hybridized carbons (Fsp3) is 0.364. The molecule has 1 rings (SSSR count). The van der Waals surface area contributed by atoms with Crippen LogP contribution in [0.5, 0.6) is 0 Å². The van der Waals surface area contributed by atoms with E-state index in [9.17, 15) is 22.4 Å². The summed E-state index contributed by atoms with van der Waals surface area (Å²) < 4.78 is 51.0. The van der Waals surface area contributed by atoms with Crippen LogP contribution in [-0.4, -0.2) is 17.3 Å². The zero-order valence-electron chi connectivity index (χ0n) is 8.88. The van der Waals surface area contributed by atoms with Gasteiger partial charge >= 0.3 is 12.1 Å². The molecule has 0 saturated heterocycles. The van der Waals surface area contributed by atoms with E-state index in [0.717, 1.165) is 12.1 Å². The molecule has 0 amide bonds. The van der Waals surface area contributed by atoms with E-state index >= 15 is 0 Å². The number of benzene rings is 1. The Hall–Kier alpha value is -1.59. The molecule has 0 aliphatic heterocycles. The van der Waals surface area contributed by atoms with Gasteiger partial charge in [0.2, 0.25) is 0 Å². The second kappa shape index (κ2) is 4.73. The molecule has 2 nitrogen and oxygen atoms in total. The third kappa shape index (κ3) is 3.44. The molecule has 0 aliphatic carbocycles. The Morgan fingerprint density at radius 3 is 2.41 bits per heavy atom. The van der Waals surface area contributed by atoms with Crippen LogP contribution in [-0.2, 0) is 4.79 Å². The number of aryl methyl sites for hydroxylation is 1. The summed E-state index contributed by atoms with van der Waals surface area (Å²) in [6.45, 7) is 1.42. The summed E-state index contributed by atoms with van der Waals surface area (Å²) in [5.74, 6) is -4.54. The van der Waals surface area contributed by atoms with E-state index in [0.29, 0.717) is 0 Å². The average molecular weight is 250 g/mol. The van der Waals surface area contributed by atoms with Crippen molar-refractivity contribution in [3.8, 4) is 0 Å². The van der Waals surface area contributed by atoms with Gasteiger partial charge in [-0.15, -0.1) is 0 Å². The predicted molar refractivity (Wildman–Crippen MR) is 52.2 cm³/mol. The molecule has 0 saturated carbocycles. The van der Waals surface area contributed by atoms with Crippen molar-refractivity contribution in [2.24, 2.45) is 0 Å². The maximum absolute atomic E-state index is 13.2. The number of carboxylic acid groups (broad SMARTS) is 1. The molecule has 0 aliphatic rings. The number of carbonyl (C=O) groups is 1. The van der Waals surface area contributed by atoms with Crippen LogP contribution >= 0.6 is 0 Å². The number of hydrogen-bond donors (Lipinski definition) is 1. The highest BCUT2D eigenvalue weighted by Gasteiger charge is 2.42. The van der Waals surface area contributed by atoms with Crippen molar-refractivity contribution < 1.29 is 27.5 Å². The molecule has 0 bridgehead atoms. The summed E-state index contributed by atoms with van der Waals surface area (Å²) >= 11 is 0. The lowest BCUT2D eigenvalue weighted by Crippen LogP contribution is -2.23. The summed E-state index contributed by atoms with van der Waals surface area (Å²) in [5.41, 5.74) is -0.159. The van der Waals surface area contributed by atoms with Gasteiger partial charge in [0.15, 0.2) is 0 Å². The molecule has 6 heteroatoms. The van der Waals surface area contributed by atoms with Crippen molar-refractivity contribution in [1.29, 1.82) is 0 Å². The van der Waals surface area contributed by atoms with Gasteiger partial charge in [-0.2, -0.15) is 13.2 Å². The van der Waals surface area contributed by atoms with Crippen LogP contribution in [0.4, 0.5) is 17.6 Å². The summed E-state index contributed by atoms with van der Waals surface area (Å²) in [6, 6.07) is 3.03. The van der Waals surface area contributed by atoms with E-state index in [-0.39, 0.29) is 11.1 Å². The highest BCUT2D eigenvalue weighted by Crippen LogP contribution is 2.37. The number of halogens is 4. The first-order chi connectivity index (χ1) is 7.71. The lowest BCUT2D eigenvalue weighted by Gasteiger charge is -2.19. The summed E-state index contributed by atoms with van der Waals surface area (Å²) in [7, 11) is 0. The summed E-state index contributed by atoms with van der Waals surface area (Å²) in [5, 5.41) is 8.44. The Labute approximate surface area is 94.9 Å². The molecule has 0 spiro atoms. The number of aliphatic carboxylic acids is 1. The SMILES string of the molecule is Cc1ccc(C(CC(=O)O)C(F)(F)F)cc1F. The second-order valence-corrected chi connectivity index (χ2v) is 3.70. The van der Waals surface area contributed by atoms with E-state index in [4.69, 9.17) is 5.11 Å². The van der Waals surface area contributed by atoms with Crippen LogP contribution in [0.2, 0.25) is 0 Å². The van der Waals surface area contributed by atoms with E-state index in [1.165, 1.54) is 13.0 Å². The van der Waals surface area contributed by atoms with Crippen LogP contribution in [0.3, 0.4) is 0 Å². The fourth-order valence-electron chi connectivity index (χ4n) is 1.42. The van der Waals surface area contributed by atoms with Gasteiger partial charge in [-0.25, -0.2) is 4.39 Å². The van der Waals surface area contributed by atoms with E-state index in [2.05, 4.69) is 0 Å². The lowest BCUT2D eigenvalue weighted by molar-refractivity contribution is -0.163. The van der Waals surface area contributed by atoms with E-state index in [1.807, 2.05) is 0 Å². The molecule has 1 atom stereocenters. The number of hydrogen-bond acceptors (Lipinski definition) is 1. The fourth-order valence-corrected chi connectivity index (χ4v) is 1.42. The predicted octanol–water partition coefficient (Wildman–Crippen LogP) is 3.25. The topological polar surface area (TPSA) is 37.3 Å². The van der Waals surface area contributed by atoms with Crippen molar-refractivity contribution in [2.45, 2.75) is 25.4 Å². The van der Waals surface area contributed by atoms with E-state index in [1.54, 1.807) is 0 Å². The first-order valence-electron chi connectivity index (χ1n) is 4.76. The van der Waals surface area contributed by atoms with Gasteiger partial charge in [0, 0.05) is 0 Å². The molecule has 0 aromatic heterocycles. The van der Waals surface area contributed by atoms with Crippen molar-refractivity contribution in [3.63, 3.8) is 0 Å².